The summed E-state index contributed by atoms with van der Waals surface area (Å²) >= 11 is 1.99. The quantitative estimate of drug-likeness (QED) is 0.491. The van der Waals surface area contributed by atoms with Crippen LogP contribution in [0.4, 0.5) is 11.4 Å². The number of nitro groups is 1. The van der Waals surface area contributed by atoms with Crippen molar-refractivity contribution in [3.8, 4) is 0 Å². The molecule has 6 nitrogen and oxygen atoms in total. The number of nitrogens with zero attached hydrogens (tertiary/aromatic N) is 2. The fourth-order valence-electron chi connectivity index (χ4n) is 2.03. The molecule has 0 radical (unpaired) electrons. The Labute approximate surface area is 125 Å². The number of nitrogens with one attached hydrogen (secondary N) is 1. The third-order valence-corrected chi connectivity index (χ3v) is 3.91. The van der Waals surface area contributed by atoms with Gasteiger partial charge >= 0.3 is 0 Å². The van der Waals surface area contributed by atoms with Gasteiger partial charge in [0.25, 0.3) is 5.69 Å². The average Bonchev–Trinajstić information content (AvgIpc) is 2.39. The second-order valence-corrected chi connectivity index (χ2v) is 5.63. The van der Waals surface area contributed by atoms with E-state index >= 15 is 0 Å². The normalized spacial score (nSPS) is 19.2. The lowest BCUT2D eigenvalue weighted by atomic mass is 10.2. The maximum atomic E-state index is 10.8. The fraction of sp³-hybridized carbons (Fsp3) is 0.500. The molecular weight excluding hydrogens is 361 g/mol. The highest BCUT2D eigenvalue weighted by Crippen LogP contribution is 2.26. The van der Waals surface area contributed by atoms with Crippen LogP contribution in [0.2, 0.25) is 0 Å². The zero-order valence-corrected chi connectivity index (χ0v) is 12.8. The minimum atomic E-state index is -0.361. The van der Waals surface area contributed by atoms with Gasteiger partial charge in [-0.1, -0.05) is 0 Å². The zero-order valence-electron chi connectivity index (χ0n) is 10.6. The lowest BCUT2D eigenvalue weighted by Crippen LogP contribution is -2.44. The summed E-state index contributed by atoms with van der Waals surface area (Å²) in [5.41, 5.74) is 1.11. The molecule has 7 heteroatoms. The standard InChI is InChI=1S/C12H16IN3O3/c1-15(8-10-7-14-4-5-19-10)9-2-3-12(16(17)18)11(13)6-9/h2-3,6,10,14H,4-5,7-8H2,1H3. The molecule has 1 aromatic carbocycles. The molecule has 1 saturated heterocycles. The maximum Gasteiger partial charge on any atom is 0.282 e. The summed E-state index contributed by atoms with van der Waals surface area (Å²) in [5, 5.41) is 14.1. The largest absolute Gasteiger partial charge is 0.374 e. The van der Waals surface area contributed by atoms with Gasteiger partial charge in [-0.15, -0.1) is 0 Å². The molecule has 2 rings (SSSR count). The van der Waals surface area contributed by atoms with Crippen molar-refractivity contribution in [2.75, 3.05) is 38.2 Å². The van der Waals surface area contributed by atoms with Gasteiger partial charge in [0.1, 0.15) is 0 Å². The van der Waals surface area contributed by atoms with Crippen LogP contribution in [0, 0.1) is 13.7 Å². The summed E-state index contributed by atoms with van der Waals surface area (Å²) in [5.74, 6) is 0. The second kappa shape index (κ2) is 6.49. The van der Waals surface area contributed by atoms with Crippen molar-refractivity contribution >= 4 is 34.0 Å². The Morgan fingerprint density at radius 3 is 3.00 bits per heavy atom. The molecule has 1 aromatic rings. The number of hydrogen-bond acceptors (Lipinski definition) is 5. The Bertz CT molecular complexity index is 464. The fourth-order valence-corrected chi connectivity index (χ4v) is 2.72. The smallest absolute Gasteiger partial charge is 0.282 e. The summed E-state index contributed by atoms with van der Waals surface area (Å²) < 4.78 is 6.30. The molecule has 0 amide bonds. The van der Waals surface area contributed by atoms with E-state index in [0.29, 0.717) is 3.57 Å². The van der Waals surface area contributed by atoms with Gasteiger partial charge in [-0.25, -0.2) is 0 Å². The number of benzene rings is 1. The van der Waals surface area contributed by atoms with E-state index in [4.69, 9.17) is 4.74 Å². The van der Waals surface area contributed by atoms with E-state index in [-0.39, 0.29) is 16.7 Å². The van der Waals surface area contributed by atoms with Crippen molar-refractivity contribution in [3.05, 3.63) is 31.9 Å². The summed E-state index contributed by atoms with van der Waals surface area (Å²) in [4.78, 5) is 12.5. The summed E-state index contributed by atoms with van der Waals surface area (Å²) in [6.07, 6.45) is 0.159. The van der Waals surface area contributed by atoms with Crippen molar-refractivity contribution in [1.82, 2.24) is 5.32 Å². The zero-order chi connectivity index (χ0) is 13.8. The van der Waals surface area contributed by atoms with Crippen LogP contribution in [0.1, 0.15) is 0 Å². The van der Waals surface area contributed by atoms with E-state index in [1.807, 2.05) is 35.7 Å². The van der Waals surface area contributed by atoms with Gasteiger partial charge in [-0.2, -0.15) is 0 Å². The Morgan fingerprint density at radius 1 is 1.63 bits per heavy atom. The molecule has 0 saturated carbocycles. The Kier molecular flexibility index (Phi) is 4.94. The first-order chi connectivity index (χ1) is 9.08. The molecular formula is C12H16IN3O3. The van der Waals surface area contributed by atoms with Crippen LogP contribution in [0.15, 0.2) is 18.2 Å². The SMILES string of the molecule is CN(CC1CNCCO1)c1ccc([N+](=O)[O-])c(I)c1. The maximum absolute atomic E-state index is 10.8. The predicted molar refractivity (Wildman–Crippen MR) is 81.7 cm³/mol. The number of halogens is 1. The van der Waals surface area contributed by atoms with E-state index in [2.05, 4.69) is 10.2 Å². The topological polar surface area (TPSA) is 67.6 Å². The molecule has 1 heterocycles. The highest BCUT2D eigenvalue weighted by molar-refractivity contribution is 14.1. The minimum Gasteiger partial charge on any atom is -0.374 e. The van der Waals surface area contributed by atoms with Crippen molar-refractivity contribution < 1.29 is 9.66 Å². The Balaban J connectivity index is 2.04. The monoisotopic (exact) mass is 377 g/mol. The molecule has 1 aliphatic rings. The molecule has 0 aromatic heterocycles. The highest BCUT2D eigenvalue weighted by Gasteiger charge is 2.17. The average molecular weight is 377 g/mol. The van der Waals surface area contributed by atoms with Crippen LogP contribution in [0.3, 0.4) is 0 Å². The van der Waals surface area contributed by atoms with E-state index in [0.717, 1.165) is 31.9 Å². The molecule has 1 unspecified atom stereocenters. The number of morpholine rings is 1. The molecule has 0 bridgehead atoms. The summed E-state index contributed by atoms with van der Waals surface area (Å²) in [6, 6.07) is 5.15. The Morgan fingerprint density at radius 2 is 2.42 bits per heavy atom. The molecule has 0 aliphatic carbocycles. The number of hydrogen-bond donors (Lipinski definition) is 1. The van der Waals surface area contributed by atoms with Crippen molar-refractivity contribution in [2.24, 2.45) is 0 Å². The van der Waals surface area contributed by atoms with Gasteiger partial charge in [0.15, 0.2) is 0 Å². The third-order valence-electron chi connectivity index (χ3n) is 3.05. The van der Waals surface area contributed by atoms with Crippen LogP contribution in [-0.4, -0.2) is 44.3 Å². The lowest BCUT2D eigenvalue weighted by Gasteiger charge is -2.29. The lowest BCUT2D eigenvalue weighted by molar-refractivity contribution is -0.385. The molecule has 1 atom stereocenters. The summed E-state index contributed by atoms with van der Waals surface area (Å²) in [7, 11) is 1.97. The number of anilines is 1. The van der Waals surface area contributed by atoms with Crippen molar-refractivity contribution in [2.45, 2.75) is 6.10 Å². The van der Waals surface area contributed by atoms with E-state index in [1.54, 1.807) is 12.1 Å². The van der Waals surface area contributed by atoms with Gasteiger partial charge < -0.3 is 15.0 Å². The number of likely N-dealkylation sites (N-methyl/N-ethyl adjacent to an activating group) is 1. The molecule has 104 valence electrons. The van der Waals surface area contributed by atoms with Gasteiger partial charge in [-0.3, -0.25) is 10.1 Å². The first-order valence-electron chi connectivity index (χ1n) is 6.05. The first kappa shape index (κ1) is 14.5. The van der Waals surface area contributed by atoms with Gasteiger partial charge in [-0.05, 0) is 34.7 Å². The molecule has 19 heavy (non-hydrogen) atoms. The second-order valence-electron chi connectivity index (χ2n) is 4.47. The molecule has 0 spiro atoms. The number of nitro benzene ring substituents is 1. The van der Waals surface area contributed by atoms with Gasteiger partial charge in [0, 0.05) is 38.4 Å². The van der Waals surface area contributed by atoms with E-state index < -0.39 is 0 Å². The number of ether oxygens (including phenoxy) is 1. The van der Waals surface area contributed by atoms with Crippen LogP contribution in [0.25, 0.3) is 0 Å². The van der Waals surface area contributed by atoms with Gasteiger partial charge in [0.05, 0.1) is 21.2 Å². The van der Waals surface area contributed by atoms with Crippen LogP contribution in [0.5, 0.6) is 0 Å². The van der Waals surface area contributed by atoms with Crippen LogP contribution >= 0.6 is 22.6 Å². The third kappa shape index (κ3) is 3.77. The summed E-state index contributed by atoms with van der Waals surface area (Å²) in [6.45, 7) is 3.24. The van der Waals surface area contributed by atoms with E-state index in [1.165, 1.54) is 0 Å². The Hall–Kier alpha value is -0.930. The van der Waals surface area contributed by atoms with Crippen LogP contribution in [-0.2, 0) is 4.74 Å². The predicted octanol–water partition coefficient (Wildman–Crippen LogP) is 1.62. The highest BCUT2D eigenvalue weighted by atomic mass is 127. The first-order valence-corrected chi connectivity index (χ1v) is 7.13. The minimum absolute atomic E-state index is 0.147. The molecule has 1 aliphatic heterocycles. The van der Waals surface area contributed by atoms with Crippen molar-refractivity contribution in [3.63, 3.8) is 0 Å². The van der Waals surface area contributed by atoms with Crippen LogP contribution < -0.4 is 10.2 Å². The van der Waals surface area contributed by atoms with Crippen molar-refractivity contribution in [1.29, 1.82) is 0 Å². The van der Waals surface area contributed by atoms with Gasteiger partial charge in [0.2, 0.25) is 0 Å². The molecule has 1 N–H and O–H groups in total. The molecule has 1 fully saturated rings. The number of rotatable bonds is 4. The van der Waals surface area contributed by atoms with E-state index in [9.17, 15) is 10.1 Å².